The quantitative estimate of drug-likeness (QED) is 0.212. The first-order valence-corrected chi connectivity index (χ1v) is 12.3. The summed E-state index contributed by atoms with van der Waals surface area (Å²) in [5, 5.41) is 0. The lowest BCUT2D eigenvalue weighted by Gasteiger charge is -2.15. The van der Waals surface area contributed by atoms with Gasteiger partial charge in [-0.3, -0.25) is 15.0 Å². The number of benzene rings is 1. The first-order valence-electron chi connectivity index (χ1n) is 12.3. The van der Waals surface area contributed by atoms with E-state index in [-0.39, 0.29) is 0 Å². The third-order valence-corrected chi connectivity index (χ3v) is 6.30. The Morgan fingerprint density at radius 2 is 0.641 bits per heavy atom. The van der Waals surface area contributed by atoms with E-state index in [9.17, 15) is 0 Å². The van der Waals surface area contributed by atoms with Crippen LogP contribution in [0.4, 0.5) is 0 Å². The average Bonchev–Trinajstić information content (AvgIpc) is 3.00. The highest BCUT2D eigenvalue weighted by molar-refractivity contribution is 5.80. The Hall–Kier alpha value is -3.57. The van der Waals surface area contributed by atoms with E-state index in [1.165, 1.54) is 0 Å². The van der Waals surface area contributed by atoms with E-state index in [2.05, 4.69) is 33.2 Å². The minimum absolute atomic E-state index is 0.527. The first kappa shape index (κ1) is 28.4. The fraction of sp³-hybridized carbons (Fsp3) is 0.300. The summed E-state index contributed by atoms with van der Waals surface area (Å²) in [6, 6.07) is 18.0. The van der Waals surface area contributed by atoms with Crippen molar-refractivity contribution in [3.63, 3.8) is 0 Å². The van der Waals surface area contributed by atoms with Crippen molar-refractivity contribution in [3.05, 3.63) is 90.3 Å². The van der Waals surface area contributed by atoms with Crippen LogP contribution in [-0.4, -0.2) is 57.6 Å². The molecule has 0 atom stereocenters. The monoisotopic (exact) mass is 531 g/mol. The van der Waals surface area contributed by atoms with Gasteiger partial charge in [-0.25, -0.2) is 0 Å². The van der Waals surface area contributed by atoms with Crippen LogP contribution < -0.4 is 0 Å². The molecule has 4 rings (SSSR count). The Bertz CT molecular complexity index is 1140. The molecule has 4 aromatic rings. The molecule has 0 saturated carbocycles. The molecule has 0 N–H and O–H groups in total. The maximum atomic E-state index is 5.34. The first-order chi connectivity index (χ1) is 19.0. The lowest BCUT2D eigenvalue weighted by Crippen LogP contribution is -2.06. The number of pyridine rings is 3. The number of nitrogens with zero attached hydrogens (tertiary/aromatic N) is 3. The molecule has 0 aliphatic heterocycles. The van der Waals surface area contributed by atoms with Crippen molar-refractivity contribution < 1.29 is 28.4 Å². The van der Waals surface area contributed by atoms with Crippen molar-refractivity contribution in [2.75, 3.05) is 42.7 Å². The lowest BCUT2D eigenvalue weighted by atomic mass is 9.94. The van der Waals surface area contributed by atoms with Crippen LogP contribution >= 0.6 is 0 Å². The van der Waals surface area contributed by atoms with Crippen molar-refractivity contribution in [3.8, 4) is 33.4 Å². The molecule has 0 aliphatic rings. The van der Waals surface area contributed by atoms with Crippen LogP contribution in [0.1, 0.15) is 36.0 Å². The third-order valence-electron chi connectivity index (χ3n) is 6.30. The van der Waals surface area contributed by atoms with Crippen LogP contribution in [-0.2, 0) is 28.4 Å². The van der Waals surface area contributed by atoms with Crippen molar-refractivity contribution >= 4 is 0 Å². The Morgan fingerprint density at radius 1 is 0.385 bits per heavy atom. The van der Waals surface area contributed by atoms with Crippen LogP contribution in [0.15, 0.2) is 73.2 Å². The molecular formula is C30H33N3O6. The third kappa shape index (κ3) is 6.54. The van der Waals surface area contributed by atoms with Gasteiger partial charge in [0.25, 0.3) is 0 Å². The molecule has 0 spiro atoms. The van der Waals surface area contributed by atoms with Gasteiger partial charge in [-0.2, -0.15) is 0 Å². The summed E-state index contributed by atoms with van der Waals surface area (Å²) in [4.78, 5) is 13.7. The molecule has 0 aliphatic carbocycles. The van der Waals surface area contributed by atoms with Gasteiger partial charge >= 0.3 is 0 Å². The Morgan fingerprint density at radius 3 is 0.821 bits per heavy atom. The predicted octanol–water partition coefficient (Wildman–Crippen LogP) is 5.75. The summed E-state index contributed by atoms with van der Waals surface area (Å²) >= 11 is 0. The summed E-state index contributed by atoms with van der Waals surface area (Å²) in [5.41, 5.74) is 7.86. The van der Waals surface area contributed by atoms with Gasteiger partial charge in [0.15, 0.2) is 0 Å². The van der Waals surface area contributed by atoms with E-state index in [4.69, 9.17) is 28.4 Å². The number of ether oxygens (including phenoxy) is 6. The van der Waals surface area contributed by atoms with Gasteiger partial charge in [0, 0.05) is 77.9 Å². The highest BCUT2D eigenvalue weighted by Crippen LogP contribution is 2.33. The van der Waals surface area contributed by atoms with Crippen LogP contribution in [0.2, 0.25) is 0 Å². The second-order valence-corrected chi connectivity index (χ2v) is 8.62. The summed E-state index contributed by atoms with van der Waals surface area (Å²) in [5.74, 6) is 0. The Balaban J connectivity index is 1.77. The summed E-state index contributed by atoms with van der Waals surface area (Å²) in [6.45, 7) is 0. The highest BCUT2D eigenvalue weighted by Gasteiger charge is 2.15. The molecule has 3 aromatic heterocycles. The second-order valence-electron chi connectivity index (χ2n) is 8.62. The van der Waals surface area contributed by atoms with Gasteiger partial charge in [-0.1, -0.05) is 18.2 Å². The molecule has 9 nitrogen and oxygen atoms in total. The van der Waals surface area contributed by atoms with Gasteiger partial charge in [0.05, 0.1) is 17.1 Å². The summed E-state index contributed by atoms with van der Waals surface area (Å²) in [7, 11) is 9.51. The number of hydrogen-bond acceptors (Lipinski definition) is 9. The van der Waals surface area contributed by atoms with Crippen LogP contribution in [0.3, 0.4) is 0 Å². The van der Waals surface area contributed by atoms with Crippen molar-refractivity contribution in [2.45, 2.75) is 18.9 Å². The smallest absolute Gasteiger partial charge is 0.200 e. The number of methoxy groups -OCH3 is 6. The second kappa shape index (κ2) is 13.5. The molecule has 0 fully saturated rings. The van der Waals surface area contributed by atoms with Gasteiger partial charge in [0.1, 0.15) is 0 Å². The molecule has 0 unspecified atom stereocenters. The van der Waals surface area contributed by atoms with E-state index in [0.29, 0.717) is 17.1 Å². The molecule has 0 amide bonds. The molecule has 204 valence electrons. The van der Waals surface area contributed by atoms with Gasteiger partial charge in [0.2, 0.25) is 18.9 Å². The van der Waals surface area contributed by atoms with E-state index >= 15 is 0 Å². The molecule has 0 saturated heterocycles. The fourth-order valence-electron chi connectivity index (χ4n) is 4.29. The standard InChI is InChI=1S/C30H33N3O6/c1-34-28(35-2)25-10-7-19(16-31-25)22-13-23(20-8-11-26(32-17-20)29(36-3)37-4)15-24(14-22)21-9-12-27(33-18-21)30(38-5)39-6/h7-18,28-30H,1-6H3. The molecule has 1 aromatic carbocycles. The fourth-order valence-corrected chi connectivity index (χ4v) is 4.29. The van der Waals surface area contributed by atoms with Gasteiger partial charge < -0.3 is 28.4 Å². The normalized spacial score (nSPS) is 11.6. The summed E-state index contributed by atoms with van der Waals surface area (Å²) < 4.78 is 32.0. The summed E-state index contributed by atoms with van der Waals surface area (Å²) in [6.07, 6.45) is 3.86. The minimum Gasteiger partial charge on any atom is -0.350 e. The lowest BCUT2D eigenvalue weighted by molar-refractivity contribution is -0.108. The zero-order valence-corrected chi connectivity index (χ0v) is 23.0. The Labute approximate surface area is 228 Å². The number of rotatable bonds is 12. The molecule has 0 radical (unpaired) electrons. The molecule has 3 heterocycles. The van der Waals surface area contributed by atoms with Crippen LogP contribution in [0.5, 0.6) is 0 Å². The zero-order chi connectivity index (χ0) is 27.8. The largest absolute Gasteiger partial charge is 0.350 e. The van der Waals surface area contributed by atoms with E-state index in [1.54, 1.807) is 42.7 Å². The number of hydrogen-bond donors (Lipinski definition) is 0. The Kier molecular flexibility index (Phi) is 9.83. The molecule has 9 heteroatoms. The minimum atomic E-state index is -0.527. The predicted molar refractivity (Wildman–Crippen MR) is 146 cm³/mol. The van der Waals surface area contributed by atoms with Crippen molar-refractivity contribution in [2.24, 2.45) is 0 Å². The average molecular weight is 532 g/mol. The van der Waals surface area contributed by atoms with E-state index < -0.39 is 18.9 Å². The molecular weight excluding hydrogens is 498 g/mol. The van der Waals surface area contributed by atoms with Crippen molar-refractivity contribution in [1.82, 2.24) is 15.0 Å². The molecule has 0 bridgehead atoms. The van der Waals surface area contributed by atoms with Crippen LogP contribution in [0, 0.1) is 0 Å². The molecule has 39 heavy (non-hydrogen) atoms. The van der Waals surface area contributed by atoms with Crippen LogP contribution in [0.25, 0.3) is 33.4 Å². The van der Waals surface area contributed by atoms with E-state index in [1.807, 2.05) is 55.0 Å². The van der Waals surface area contributed by atoms with Gasteiger partial charge in [-0.05, 0) is 53.1 Å². The maximum absolute atomic E-state index is 5.34. The topological polar surface area (TPSA) is 94.1 Å². The zero-order valence-electron chi connectivity index (χ0n) is 23.0. The maximum Gasteiger partial charge on any atom is 0.200 e. The van der Waals surface area contributed by atoms with Crippen molar-refractivity contribution in [1.29, 1.82) is 0 Å². The highest BCUT2D eigenvalue weighted by atomic mass is 16.7. The van der Waals surface area contributed by atoms with Gasteiger partial charge in [-0.15, -0.1) is 0 Å². The van der Waals surface area contributed by atoms with E-state index in [0.717, 1.165) is 33.4 Å². The SMILES string of the molecule is COC(OC)c1ccc(-c2cc(-c3ccc(C(OC)OC)nc3)cc(-c3ccc(C(OC)OC)nc3)c2)cn1. The number of aromatic nitrogens is 3.